The highest BCUT2D eigenvalue weighted by molar-refractivity contribution is 7.85. The van der Waals surface area contributed by atoms with Crippen molar-refractivity contribution in [3.05, 3.63) is 83.9 Å². The Labute approximate surface area is 205 Å². The standard InChI is InChI=1S/C18H21N3O3.C7H8O3S/c1-2-3-12-23-15-8-10-16(11-9-15)24-17(22)13-4-6-14(7-5-13)21-18(19)20;1-6-2-4-7(5-3-6)11(8,9)10/h4-11H,2-3,12H2,1H3,(H4,19,20,21);2-5H,1H3,(H,8,9,10). The molecular weight excluding hydrogens is 470 g/mol. The molecule has 0 saturated heterocycles. The number of aliphatic imine (C=N–C) groups is 1. The second-order valence-electron chi connectivity index (χ2n) is 7.43. The second kappa shape index (κ2) is 13.1. The number of unbranched alkanes of at least 4 members (excludes halogenated alkanes) is 1. The largest absolute Gasteiger partial charge is 0.494 e. The summed E-state index contributed by atoms with van der Waals surface area (Å²) < 4.78 is 40.4. The number of hydrogen-bond acceptors (Lipinski definition) is 6. The zero-order valence-electron chi connectivity index (χ0n) is 19.5. The second-order valence-corrected chi connectivity index (χ2v) is 8.86. The number of rotatable bonds is 8. The van der Waals surface area contributed by atoms with Crippen molar-refractivity contribution in [2.24, 2.45) is 16.5 Å². The number of ether oxygens (including phenoxy) is 2. The Bertz CT molecular complexity index is 1220. The fourth-order valence-corrected chi connectivity index (χ4v) is 3.12. The van der Waals surface area contributed by atoms with Gasteiger partial charge < -0.3 is 20.9 Å². The number of nitrogens with two attached hydrogens (primary N) is 2. The molecule has 0 radical (unpaired) electrons. The summed E-state index contributed by atoms with van der Waals surface area (Å²) in [4.78, 5) is 15.9. The Morgan fingerprint density at radius 3 is 2.00 bits per heavy atom. The van der Waals surface area contributed by atoms with Gasteiger partial charge in [-0.25, -0.2) is 9.79 Å². The van der Waals surface area contributed by atoms with Crippen molar-refractivity contribution in [1.29, 1.82) is 0 Å². The molecule has 35 heavy (non-hydrogen) atoms. The first-order valence-corrected chi connectivity index (χ1v) is 12.2. The first-order valence-electron chi connectivity index (χ1n) is 10.8. The summed E-state index contributed by atoms with van der Waals surface area (Å²) in [6.45, 7) is 4.63. The van der Waals surface area contributed by atoms with Crippen molar-refractivity contribution in [2.45, 2.75) is 31.6 Å². The smallest absolute Gasteiger partial charge is 0.343 e. The van der Waals surface area contributed by atoms with Gasteiger partial charge in [-0.2, -0.15) is 8.42 Å². The molecule has 5 N–H and O–H groups in total. The lowest BCUT2D eigenvalue weighted by Crippen LogP contribution is -2.21. The summed E-state index contributed by atoms with van der Waals surface area (Å²) in [5, 5.41) is 0. The first kappa shape index (κ1) is 27.4. The van der Waals surface area contributed by atoms with Gasteiger partial charge in [-0.3, -0.25) is 4.55 Å². The van der Waals surface area contributed by atoms with Crippen molar-refractivity contribution < 1.29 is 27.2 Å². The van der Waals surface area contributed by atoms with Crippen LogP contribution in [0.15, 0.2) is 82.7 Å². The highest BCUT2D eigenvalue weighted by Gasteiger charge is 2.09. The minimum atomic E-state index is -4.02. The Morgan fingerprint density at radius 2 is 1.49 bits per heavy atom. The Hall–Kier alpha value is -3.89. The topological polar surface area (TPSA) is 154 Å². The number of carbonyl (C=O) groups is 1. The molecule has 10 heteroatoms. The van der Waals surface area contributed by atoms with Gasteiger partial charge in [0.25, 0.3) is 10.1 Å². The zero-order chi connectivity index (χ0) is 25.8. The molecule has 0 saturated carbocycles. The van der Waals surface area contributed by atoms with Crippen LogP contribution < -0.4 is 20.9 Å². The molecule has 0 aliphatic rings. The fourth-order valence-electron chi connectivity index (χ4n) is 2.64. The quantitative estimate of drug-likeness (QED) is 0.104. The van der Waals surface area contributed by atoms with Crippen LogP contribution in [-0.4, -0.2) is 31.5 Å². The lowest BCUT2D eigenvalue weighted by molar-refractivity contribution is 0.0734. The number of guanidine groups is 1. The number of benzene rings is 3. The van der Waals surface area contributed by atoms with E-state index in [-0.39, 0.29) is 10.9 Å². The van der Waals surface area contributed by atoms with Crippen LogP contribution in [0.2, 0.25) is 0 Å². The van der Waals surface area contributed by atoms with Crippen LogP contribution >= 0.6 is 0 Å². The van der Waals surface area contributed by atoms with E-state index in [9.17, 15) is 13.2 Å². The van der Waals surface area contributed by atoms with Crippen molar-refractivity contribution in [2.75, 3.05) is 6.61 Å². The number of hydrogen-bond donors (Lipinski definition) is 3. The molecular formula is C25H29N3O6S. The Kier molecular flexibility index (Phi) is 10.2. The van der Waals surface area contributed by atoms with Gasteiger partial charge >= 0.3 is 5.97 Å². The summed E-state index contributed by atoms with van der Waals surface area (Å²) in [5.74, 6) is 0.721. The molecule has 0 heterocycles. The molecule has 186 valence electrons. The molecule has 0 aliphatic carbocycles. The lowest BCUT2D eigenvalue weighted by atomic mass is 10.2. The van der Waals surface area contributed by atoms with Gasteiger partial charge in [0.2, 0.25) is 0 Å². The molecule has 0 unspecified atom stereocenters. The molecule has 0 spiro atoms. The van der Waals surface area contributed by atoms with Crippen LogP contribution in [0.4, 0.5) is 5.69 Å². The number of esters is 1. The van der Waals surface area contributed by atoms with E-state index in [4.69, 9.17) is 25.5 Å². The van der Waals surface area contributed by atoms with Crippen LogP contribution in [0.25, 0.3) is 0 Å². The van der Waals surface area contributed by atoms with Crippen LogP contribution in [0, 0.1) is 6.92 Å². The van der Waals surface area contributed by atoms with Gasteiger partial charge in [0.1, 0.15) is 11.5 Å². The maximum absolute atomic E-state index is 12.1. The fraction of sp³-hybridized carbons (Fsp3) is 0.200. The van der Waals surface area contributed by atoms with E-state index in [1.165, 1.54) is 12.1 Å². The molecule has 0 aromatic heterocycles. The summed E-state index contributed by atoms with van der Waals surface area (Å²) in [5.41, 5.74) is 12.5. The predicted octanol–water partition coefficient (Wildman–Crippen LogP) is 4.23. The highest BCUT2D eigenvalue weighted by Crippen LogP contribution is 2.20. The average Bonchev–Trinajstić information content (AvgIpc) is 2.80. The molecule has 0 amide bonds. The van der Waals surface area contributed by atoms with E-state index in [0.29, 0.717) is 23.6 Å². The average molecular weight is 500 g/mol. The maximum Gasteiger partial charge on any atom is 0.343 e. The molecule has 3 rings (SSSR count). The third kappa shape index (κ3) is 9.86. The van der Waals surface area contributed by atoms with E-state index < -0.39 is 16.1 Å². The zero-order valence-corrected chi connectivity index (χ0v) is 20.4. The van der Waals surface area contributed by atoms with E-state index in [0.717, 1.165) is 24.2 Å². The molecule has 0 aliphatic heterocycles. The van der Waals surface area contributed by atoms with Crippen molar-refractivity contribution in [3.63, 3.8) is 0 Å². The predicted molar refractivity (Wildman–Crippen MR) is 135 cm³/mol. The highest BCUT2D eigenvalue weighted by atomic mass is 32.2. The first-order chi connectivity index (χ1) is 16.6. The Balaban J connectivity index is 0.000000328. The van der Waals surface area contributed by atoms with E-state index in [1.807, 2.05) is 6.92 Å². The van der Waals surface area contributed by atoms with Crippen molar-refractivity contribution in [3.8, 4) is 11.5 Å². The minimum Gasteiger partial charge on any atom is -0.494 e. The van der Waals surface area contributed by atoms with E-state index >= 15 is 0 Å². The molecule has 0 fully saturated rings. The third-order valence-corrected chi connectivity index (χ3v) is 5.35. The van der Waals surface area contributed by atoms with Crippen LogP contribution in [0.5, 0.6) is 11.5 Å². The van der Waals surface area contributed by atoms with Gasteiger partial charge in [-0.15, -0.1) is 0 Å². The van der Waals surface area contributed by atoms with Crippen LogP contribution in [0.3, 0.4) is 0 Å². The SMILES string of the molecule is CCCCOc1ccc(OC(=O)c2ccc(N=C(N)N)cc2)cc1.Cc1ccc(S(=O)(=O)O)cc1. The van der Waals surface area contributed by atoms with Gasteiger partial charge in [-0.05, 0) is 74.0 Å². The molecule has 0 atom stereocenters. The normalized spacial score (nSPS) is 10.5. The van der Waals surface area contributed by atoms with Gasteiger partial charge in [0.05, 0.1) is 22.8 Å². The van der Waals surface area contributed by atoms with Crippen molar-refractivity contribution in [1.82, 2.24) is 0 Å². The molecule has 0 bridgehead atoms. The third-order valence-electron chi connectivity index (χ3n) is 4.48. The lowest BCUT2D eigenvalue weighted by Gasteiger charge is -2.07. The summed E-state index contributed by atoms with van der Waals surface area (Å²) in [6.07, 6.45) is 2.09. The van der Waals surface area contributed by atoms with E-state index in [1.54, 1.807) is 60.7 Å². The monoisotopic (exact) mass is 499 g/mol. The Morgan fingerprint density at radius 1 is 0.914 bits per heavy atom. The number of aryl methyl sites for hydroxylation is 1. The molecule has 9 nitrogen and oxygen atoms in total. The van der Waals surface area contributed by atoms with Gasteiger partial charge in [0, 0.05) is 0 Å². The van der Waals surface area contributed by atoms with Gasteiger partial charge in [0.15, 0.2) is 5.96 Å². The minimum absolute atomic E-state index is 0.0356. The van der Waals surface area contributed by atoms with Crippen molar-refractivity contribution >= 4 is 27.7 Å². The maximum atomic E-state index is 12.1. The number of carbonyl (C=O) groups excluding carboxylic acids is 1. The molecule has 3 aromatic rings. The number of nitrogens with zero attached hydrogens (tertiary/aromatic N) is 1. The van der Waals surface area contributed by atoms with E-state index in [2.05, 4.69) is 11.9 Å². The summed E-state index contributed by atoms with van der Waals surface area (Å²) in [6, 6.07) is 19.4. The van der Waals surface area contributed by atoms with Crippen LogP contribution in [-0.2, 0) is 10.1 Å². The molecule has 3 aromatic carbocycles. The summed E-state index contributed by atoms with van der Waals surface area (Å²) in [7, 11) is -4.02. The van der Waals surface area contributed by atoms with Gasteiger partial charge in [-0.1, -0.05) is 31.0 Å². The van der Waals surface area contributed by atoms with Crippen LogP contribution in [0.1, 0.15) is 35.7 Å². The summed E-state index contributed by atoms with van der Waals surface area (Å²) >= 11 is 0.